The lowest BCUT2D eigenvalue weighted by Gasteiger charge is -2.21. The fraction of sp³-hybridized carbons (Fsp3) is 0.263. The molecule has 1 aliphatic rings. The molecule has 0 saturated carbocycles. The van der Waals surface area contributed by atoms with Crippen molar-refractivity contribution >= 4 is 40.6 Å². The van der Waals surface area contributed by atoms with E-state index in [2.05, 4.69) is 5.32 Å². The fourth-order valence-corrected chi connectivity index (χ4v) is 3.42. The normalized spacial score (nSPS) is 18.6. The van der Waals surface area contributed by atoms with Crippen LogP contribution in [0.15, 0.2) is 36.4 Å². The van der Waals surface area contributed by atoms with Crippen molar-refractivity contribution in [1.29, 1.82) is 0 Å². The van der Waals surface area contributed by atoms with Crippen LogP contribution in [0.4, 0.5) is 5.69 Å². The quantitative estimate of drug-likeness (QED) is 0.746. The molecule has 1 unspecified atom stereocenters. The first kappa shape index (κ1) is 18.7. The van der Waals surface area contributed by atoms with Gasteiger partial charge < -0.3 is 15.2 Å². The number of halogens is 2. The Hall–Kier alpha value is -2.08. The Labute approximate surface area is 160 Å². The van der Waals surface area contributed by atoms with Crippen molar-refractivity contribution in [2.45, 2.75) is 32.0 Å². The number of aliphatic hydroxyl groups is 1. The number of amides is 1. The molecule has 0 saturated heterocycles. The zero-order chi connectivity index (χ0) is 19.1. The van der Waals surface area contributed by atoms with Gasteiger partial charge in [0.25, 0.3) is 5.91 Å². The van der Waals surface area contributed by atoms with Crippen molar-refractivity contribution in [3.8, 4) is 5.75 Å². The van der Waals surface area contributed by atoms with Crippen molar-refractivity contribution < 1.29 is 19.4 Å². The Balaban J connectivity index is 1.88. The molecule has 0 aliphatic carbocycles. The maximum Gasteiger partial charge on any atom is 0.261 e. The SMILES string of the molecule is CC(C)Oc1ccc(C(=O)CC2(O)C(=O)Nc3c(Cl)ccc(Cl)c32)cc1. The van der Waals surface area contributed by atoms with E-state index in [-0.39, 0.29) is 27.4 Å². The first-order valence-corrected chi connectivity index (χ1v) is 8.80. The summed E-state index contributed by atoms with van der Waals surface area (Å²) in [7, 11) is 0. The number of anilines is 1. The van der Waals surface area contributed by atoms with E-state index in [0.717, 1.165) is 0 Å². The van der Waals surface area contributed by atoms with E-state index in [1.807, 2.05) is 13.8 Å². The summed E-state index contributed by atoms with van der Waals surface area (Å²) in [6.07, 6.45) is -0.432. The predicted octanol–water partition coefficient (Wildman–Crippen LogP) is 4.19. The minimum atomic E-state index is -2.07. The molecule has 0 bridgehead atoms. The summed E-state index contributed by atoms with van der Waals surface area (Å²) in [6, 6.07) is 9.53. The summed E-state index contributed by atoms with van der Waals surface area (Å²) in [6.45, 7) is 3.80. The number of benzene rings is 2. The van der Waals surface area contributed by atoms with Crippen LogP contribution in [-0.4, -0.2) is 22.9 Å². The largest absolute Gasteiger partial charge is 0.491 e. The van der Waals surface area contributed by atoms with Crippen LogP contribution in [0.5, 0.6) is 5.75 Å². The highest BCUT2D eigenvalue weighted by molar-refractivity contribution is 6.38. The molecule has 0 fully saturated rings. The second kappa shape index (κ2) is 6.91. The Morgan fingerprint density at radius 2 is 1.77 bits per heavy atom. The number of ketones is 1. The molecule has 2 aromatic rings. The van der Waals surface area contributed by atoms with Gasteiger partial charge in [0.2, 0.25) is 0 Å². The van der Waals surface area contributed by atoms with E-state index in [0.29, 0.717) is 11.3 Å². The lowest BCUT2D eigenvalue weighted by Crippen LogP contribution is -2.36. The number of rotatable bonds is 5. The van der Waals surface area contributed by atoms with Gasteiger partial charge >= 0.3 is 0 Å². The second-order valence-electron chi connectivity index (χ2n) is 6.38. The number of carbonyl (C=O) groups is 2. The van der Waals surface area contributed by atoms with Gasteiger partial charge in [0.1, 0.15) is 5.75 Å². The minimum absolute atomic E-state index is 0.0165. The average Bonchev–Trinajstić information content (AvgIpc) is 2.83. The third-order valence-corrected chi connectivity index (χ3v) is 4.73. The number of ether oxygens (including phenoxy) is 1. The van der Waals surface area contributed by atoms with Gasteiger partial charge in [-0.3, -0.25) is 9.59 Å². The standard InChI is InChI=1S/C19H17Cl2NO4/c1-10(2)26-12-5-3-11(4-6-12)15(23)9-19(25)16-13(20)7-8-14(21)17(16)22-18(19)24/h3-8,10,25H,9H2,1-2H3,(H,22,24). The topological polar surface area (TPSA) is 75.6 Å². The Morgan fingerprint density at radius 1 is 1.15 bits per heavy atom. The van der Waals surface area contributed by atoms with Gasteiger partial charge in [-0.1, -0.05) is 23.2 Å². The van der Waals surface area contributed by atoms with E-state index in [4.69, 9.17) is 27.9 Å². The van der Waals surface area contributed by atoms with Crippen molar-refractivity contribution in [2.75, 3.05) is 5.32 Å². The molecular weight excluding hydrogens is 377 g/mol. The molecule has 2 aromatic carbocycles. The zero-order valence-electron chi connectivity index (χ0n) is 14.2. The highest BCUT2D eigenvalue weighted by Gasteiger charge is 2.49. The molecular formula is C19H17Cl2NO4. The molecule has 1 aliphatic heterocycles. The molecule has 2 N–H and O–H groups in total. The molecule has 26 heavy (non-hydrogen) atoms. The lowest BCUT2D eigenvalue weighted by atomic mass is 9.88. The Kier molecular flexibility index (Phi) is 4.97. The average molecular weight is 394 g/mol. The number of carbonyl (C=O) groups excluding carboxylic acids is 2. The lowest BCUT2D eigenvalue weighted by molar-refractivity contribution is -0.133. The van der Waals surface area contributed by atoms with Crippen LogP contribution in [0.1, 0.15) is 36.2 Å². The summed E-state index contributed by atoms with van der Waals surface area (Å²) in [5.41, 5.74) is -1.35. The van der Waals surface area contributed by atoms with Crippen LogP contribution in [0.2, 0.25) is 10.0 Å². The maximum absolute atomic E-state index is 12.6. The molecule has 7 heteroatoms. The third-order valence-electron chi connectivity index (χ3n) is 4.10. The molecule has 1 heterocycles. The van der Waals surface area contributed by atoms with Crippen molar-refractivity contribution in [3.63, 3.8) is 0 Å². The van der Waals surface area contributed by atoms with Gasteiger partial charge in [0, 0.05) is 16.1 Å². The monoisotopic (exact) mass is 393 g/mol. The van der Waals surface area contributed by atoms with E-state index in [9.17, 15) is 14.7 Å². The van der Waals surface area contributed by atoms with Gasteiger partial charge in [-0.15, -0.1) is 0 Å². The summed E-state index contributed by atoms with van der Waals surface area (Å²) in [5, 5.41) is 13.8. The van der Waals surface area contributed by atoms with E-state index < -0.39 is 23.7 Å². The van der Waals surface area contributed by atoms with Crippen LogP contribution in [0, 0.1) is 0 Å². The number of hydrogen-bond donors (Lipinski definition) is 2. The van der Waals surface area contributed by atoms with Crippen molar-refractivity contribution in [1.82, 2.24) is 0 Å². The highest BCUT2D eigenvalue weighted by atomic mass is 35.5. The summed E-state index contributed by atoms with van der Waals surface area (Å²) < 4.78 is 5.54. The zero-order valence-corrected chi connectivity index (χ0v) is 15.7. The van der Waals surface area contributed by atoms with Gasteiger partial charge in [-0.2, -0.15) is 0 Å². The number of fused-ring (bicyclic) bond motifs is 1. The van der Waals surface area contributed by atoms with E-state index in [1.165, 1.54) is 12.1 Å². The summed E-state index contributed by atoms with van der Waals surface area (Å²) in [4.78, 5) is 25.0. The molecule has 3 rings (SSSR count). The van der Waals surface area contributed by atoms with Crippen LogP contribution >= 0.6 is 23.2 Å². The molecule has 5 nitrogen and oxygen atoms in total. The van der Waals surface area contributed by atoms with Gasteiger partial charge in [-0.25, -0.2) is 0 Å². The third kappa shape index (κ3) is 3.30. The smallest absolute Gasteiger partial charge is 0.261 e. The Bertz CT molecular complexity index is 880. The van der Waals surface area contributed by atoms with Crippen molar-refractivity contribution in [3.05, 3.63) is 57.6 Å². The molecule has 0 aromatic heterocycles. The highest BCUT2D eigenvalue weighted by Crippen LogP contribution is 2.46. The van der Waals surface area contributed by atoms with Crippen LogP contribution in [-0.2, 0) is 10.4 Å². The molecule has 1 amide bonds. The summed E-state index contributed by atoms with van der Waals surface area (Å²) in [5.74, 6) is -0.493. The van der Waals surface area contributed by atoms with E-state index >= 15 is 0 Å². The number of Topliss-reactive ketones (excluding diaryl/α,β-unsaturated/α-hetero) is 1. The fourth-order valence-electron chi connectivity index (χ4n) is 2.90. The van der Waals surface area contributed by atoms with Gasteiger partial charge in [0.15, 0.2) is 11.4 Å². The number of nitrogens with one attached hydrogen (secondary N) is 1. The van der Waals surface area contributed by atoms with Gasteiger partial charge in [0.05, 0.1) is 23.2 Å². The van der Waals surface area contributed by atoms with Crippen LogP contribution in [0.3, 0.4) is 0 Å². The Morgan fingerprint density at radius 3 is 2.38 bits per heavy atom. The van der Waals surface area contributed by atoms with Gasteiger partial charge in [-0.05, 0) is 50.2 Å². The minimum Gasteiger partial charge on any atom is -0.491 e. The van der Waals surface area contributed by atoms with Crippen molar-refractivity contribution in [2.24, 2.45) is 0 Å². The predicted molar refractivity (Wildman–Crippen MR) is 100 cm³/mol. The molecule has 136 valence electrons. The first-order valence-electron chi connectivity index (χ1n) is 8.04. The second-order valence-corrected chi connectivity index (χ2v) is 7.20. The maximum atomic E-state index is 12.6. The van der Waals surface area contributed by atoms with E-state index in [1.54, 1.807) is 24.3 Å². The summed E-state index contributed by atoms with van der Waals surface area (Å²) >= 11 is 12.2. The van der Waals surface area contributed by atoms with Crippen LogP contribution in [0.25, 0.3) is 0 Å². The van der Waals surface area contributed by atoms with Crippen LogP contribution < -0.4 is 10.1 Å². The first-order chi connectivity index (χ1) is 12.2. The molecule has 0 radical (unpaired) electrons. The molecule has 1 atom stereocenters. The number of hydrogen-bond acceptors (Lipinski definition) is 4. The molecule has 0 spiro atoms.